The highest BCUT2D eigenvalue weighted by Gasteiger charge is 2.27. The minimum atomic E-state index is 0.324. The average molecular weight is 314 g/mol. The molecule has 2 atom stereocenters. The summed E-state index contributed by atoms with van der Waals surface area (Å²) in [5.74, 6) is 2.21. The van der Waals surface area contributed by atoms with Gasteiger partial charge >= 0.3 is 0 Å². The molecule has 0 aromatic heterocycles. The van der Waals surface area contributed by atoms with Crippen LogP contribution in [0.25, 0.3) is 0 Å². The average Bonchev–Trinajstić information content (AvgIpc) is 2.45. The van der Waals surface area contributed by atoms with E-state index < -0.39 is 0 Å². The van der Waals surface area contributed by atoms with Crippen LogP contribution < -0.4 is 10.1 Å². The fourth-order valence-electron chi connectivity index (χ4n) is 2.66. The van der Waals surface area contributed by atoms with Crippen molar-refractivity contribution in [1.82, 2.24) is 5.32 Å². The lowest BCUT2D eigenvalue weighted by Crippen LogP contribution is -2.33. The fraction of sp³-hybridized carbons (Fsp3) is 0.625. The first-order valence-corrected chi connectivity index (χ1v) is 9.20. The molecule has 1 N–H and O–H groups in total. The lowest BCUT2D eigenvalue weighted by molar-refractivity contribution is 0.140. The zero-order chi connectivity index (χ0) is 14.4. The summed E-state index contributed by atoms with van der Waals surface area (Å²) in [6.07, 6.45) is 7.02. The first kappa shape index (κ1) is 16.0. The monoisotopic (exact) mass is 313 g/mol. The molecule has 20 heavy (non-hydrogen) atoms. The van der Waals surface area contributed by atoms with Crippen molar-refractivity contribution >= 4 is 23.4 Å². The molecule has 2 nitrogen and oxygen atoms in total. The molecule has 0 saturated heterocycles. The van der Waals surface area contributed by atoms with Crippen molar-refractivity contribution in [2.24, 2.45) is 0 Å². The van der Waals surface area contributed by atoms with Crippen molar-refractivity contribution < 1.29 is 4.74 Å². The molecule has 1 heterocycles. The second kappa shape index (κ2) is 8.16. The zero-order valence-electron chi connectivity index (χ0n) is 12.3. The summed E-state index contributed by atoms with van der Waals surface area (Å²) in [5, 5.41) is 4.42. The van der Waals surface area contributed by atoms with Crippen LogP contribution in [-0.2, 0) is 0 Å². The van der Waals surface area contributed by atoms with Gasteiger partial charge in [-0.1, -0.05) is 18.5 Å². The highest BCUT2D eigenvalue weighted by atomic mass is 35.5. The summed E-state index contributed by atoms with van der Waals surface area (Å²) >= 11 is 8.03. The van der Waals surface area contributed by atoms with Gasteiger partial charge in [-0.2, -0.15) is 11.8 Å². The molecule has 1 aliphatic rings. The van der Waals surface area contributed by atoms with E-state index in [0.717, 1.165) is 36.6 Å². The third-order valence-corrected chi connectivity index (χ3v) is 4.59. The Hall–Kier alpha value is -0.380. The molecular weight excluding hydrogens is 290 g/mol. The maximum atomic E-state index is 6.14. The van der Waals surface area contributed by atoms with Crippen LogP contribution in [0.3, 0.4) is 0 Å². The third kappa shape index (κ3) is 4.31. The second-order valence-electron chi connectivity index (χ2n) is 5.30. The Labute approximate surface area is 131 Å². The van der Waals surface area contributed by atoms with Crippen molar-refractivity contribution in [3.8, 4) is 5.75 Å². The highest BCUT2D eigenvalue weighted by molar-refractivity contribution is 7.98. The highest BCUT2D eigenvalue weighted by Crippen LogP contribution is 2.37. The van der Waals surface area contributed by atoms with Gasteiger partial charge in [-0.3, -0.25) is 0 Å². The lowest BCUT2D eigenvalue weighted by atomic mass is 9.94. The first-order valence-electron chi connectivity index (χ1n) is 7.43. The van der Waals surface area contributed by atoms with E-state index in [1.54, 1.807) is 0 Å². The SMILES string of the molecule is CCCNC1CC(CCCSC)Oc2ccc(Cl)cc21. The van der Waals surface area contributed by atoms with Gasteiger partial charge in [0.2, 0.25) is 0 Å². The number of hydrogen-bond acceptors (Lipinski definition) is 3. The Morgan fingerprint density at radius 3 is 3.05 bits per heavy atom. The molecule has 0 radical (unpaired) electrons. The van der Waals surface area contributed by atoms with E-state index in [-0.39, 0.29) is 0 Å². The van der Waals surface area contributed by atoms with Gasteiger partial charge in [-0.05, 0) is 56.0 Å². The van der Waals surface area contributed by atoms with E-state index in [0.29, 0.717) is 12.1 Å². The van der Waals surface area contributed by atoms with Crippen LogP contribution in [0, 0.1) is 0 Å². The predicted molar refractivity (Wildman–Crippen MR) is 89.1 cm³/mol. The van der Waals surface area contributed by atoms with E-state index in [9.17, 15) is 0 Å². The quantitative estimate of drug-likeness (QED) is 0.739. The summed E-state index contributed by atoms with van der Waals surface area (Å²) in [6.45, 7) is 3.23. The Kier molecular flexibility index (Phi) is 6.53. The van der Waals surface area contributed by atoms with E-state index >= 15 is 0 Å². The second-order valence-corrected chi connectivity index (χ2v) is 6.72. The van der Waals surface area contributed by atoms with Crippen LogP contribution in [0.15, 0.2) is 18.2 Å². The van der Waals surface area contributed by atoms with Crippen LogP contribution in [0.1, 0.15) is 44.2 Å². The number of nitrogens with one attached hydrogen (secondary N) is 1. The molecule has 0 saturated carbocycles. The maximum absolute atomic E-state index is 6.14. The molecule has 2 rings (SSSR count). The van der Waals surface area contributed by atoms with Crippen molar-refractivity contribution in [3.63, 3.8) is 0 Å². The van der Waals surface area contributed by atoms with Crippen molar-refractivity contribution in [1.29, 1.82) is 0 Å². The Morgan fingerprint density at radius 2 is 2.30 bits per heavy atom. The summed E-state index contributed by atoms with van der Waals surface area (Å²) in [5.41, 5.74) is 1.21. The van der Waals surface area contributed by atoms with Gasteiger partial charge in [0.1, 0.15) is 11.9 Å². The van der Waals surface area contributed by atoms with Gasteiger partial charge in [0.05, 0.1) is 0 Å². The zero-order valence-corrected chi connectivity index (χ0v) is 13.9. The number of benzene rings is 1. The summed E-state index contributed by atoms with van der Waals surface area (Å²) in [7, 11) is 0. The minimum absolute atomic E-state index is 0.324. The molecule has 112 valence electrons. The Morgan fingerprint density at radius 1 is 1.45 bits per heavy atom. The minimum Gasteiger partial charge on any atom is -0.490 e. The lowest BCUT2D eigenvalue weighted by Gasteiger charge is -2.33. The van der Waals surface area contributed by atoms with Gasteiger partial charge in [0.25, 0.3) is 0 Å². The largest absolute Gasteiger partial charge is 0.490 e. The van der Waals surface area contributed by atoms with Crippen LogP contribution in [-0.4, -0.2) is 24.7 Å². The van der Waals surface area contributed by atoms with E-state index in [1.165, 1.54) is 17.7 Å². The number of rotatable bonds is 7. The summed E-state index contributed by atoms with van der Waals surface area (Å²) < 4.78 is 6.14. The number of halogens is 1. The maximum Gasteiger partial charge on any atom is 0.124 e. The molecule has 0 aliphatic carbocycles. The van der Waals surface area contributed by atoms with Crippen LogP contribution in [0.2, 0.25) is 5.02 Å². The van der Waals surface area contributed by atoms with Crippen LogP contribution in [0.4, 0.5) is 0 Å². The van der Waals surface area contributed by atoms with E-state index in [2.05, 4.69) is 18.5 Å². The normalized spacial score (nSPS) is 21.4. The molecular formula is C16H24ClNOS. The van der Waals surface area contributed by atoms with Crippen molar-refractivity contribution in [3.05, 3.63) is 28.8 Å². The molecule has 2 unspecified atom stereocenters. The van der Waals surface area contributed by atoms with Gasteiger partial charge in [-0.15, -0.1) is 0 Å². The standard InChI is InChI=1S/C16H24ClNOS/c1-3-8-18-15-11-13(5-4-9-20-2)19-16-7-6-12(17)10-14(15)16/h6-7,10,13,15,18H,3-5,8-9,11H2,1-2H3. The first-order chi connectivity index (χ1) is 9.74. The number of hydrogen-bond donors (Lipinski definition) is 1. The summed E-state index contributed by atoms with van der Waals surface area (Å²) in [6, 6.07) is 6.35. The van der Waals surface area contributed by atoms with E-state index in [4.69, 9.17) is 16.3 Å². The topological polar surface area (TPSA) is 21.3 Å². The Bertz CT molecular complexity index is 427. The molecule has 0 fully saturated rings. The number of fused-ring (bicyclic) bond motifs is 1. The number of ether oxygens (including phenoxy) is 1. The van der Waals surface area contributed by atoms with Gasteiger partial charge < -0.3 is 10.1 Å². The van der Waals surface area contributed by atoms with Gasteiger partial charge in [0, 0.05) is 23.0 Å². The Balaban J connectivity index is 2.07. The van der Waals surface area contributed by atoms with Crippen molar-refractivity contribution in [2.45, 2.75) is 44.8 Å². The molecule has 4 heteroatoms. The molecule has 1 aromatic rings. The molecule has 1 aliphatic heterocycles. The number of thioether (sulfide) groups is 1. The molecule has 0 amide bonds. The van der Waals surface area contributed by atoms with E-state index in [1.807, 2.05) is 30.0 Å². The third-order valence-electron chi connectivity index (χ3n) is 3.65. The van der Waals surface area contributed by atoms with Gasteiger partial charge in [-0.25, -0.2) is 0 Å². The molecule has 0 spiro atoms. The van der Waals surface area contributed by atoms with Crippen LogP contribution in [0.5, 0.6) is 5.75 Å². The van der Waals surface area contributed by atoms with Crippen LogP contribution >= 0.6 is 23.4 Å². The molecule has 1 aromatic carbocycles. The smallest absolute Gasteiger partial charge is 0.124 e. The van der Waals surface area contributed by atoms with Crippen molar-refractivity contribution in [2.75, 3.05) is 18.6 Å². The van der Waals surface area contributed by atoms with Gasteiger partial charge in [0.15, 0.2) is 0 Å². The predicted octanol–water partition coefficient (Wildman–Crippen LogP) is 4.68. The molecule has 0 bridgehead atoms. The summed E-state index contributed by atoms with van der Waals surface area (Å²) in [4.78, 5) is 0. The fourth-order valence-corrected chi connectivity index (χ4v) is 3.30.